The minimum Gasteiger partial charge on any atom is -0.494 e. The van der Waals surface area contributed by atoms with Crippen LogP contribution in [0.5, 0.6) is 5.75 Å². The molecule has 0 aliphatic rings. The number of hydrazone groups is 1. The Bertz CT molecular complexity index is 724. The van der Waals surface area contributed by atoms with Crippen LogP contribution in [0.3, 0.4) is 0 Å². The molecule has 1 amide bonds. The minimum atomic E-state index is -0.209. The maximum Gasteiger partial charge on any atom is 0.271 e. The molecule has 2 aromatic rings. The predicted octanol–water partition coefficient (Wildman–Crippen LogP) is 5.97. The van der Waals surface area contributed by atoms with Crippen molar-refractivity contribution in [3.8, 4) is 5.75 Å². The molecule has 0 aliphatic heterocycles. The fraction of sp³-hybridized carbons (Fsp3) is 0.417. The molecule has 28 heavy (non-hydrogen) atoms. The van der Waals surface area contributed by atoms with Gasteiger partial charge in [0.05, 0.1) is 12.3 Å². The van der Waals surface area contributed by atoms with E-state index in [1.165, 1.54) is 19.3 Å². The lowest BCUT2D eigenvalue weighted by molar-refractivity contribution is 0.0954. The van der Waals surface area contributed by atoms with Gasteiger partial charge >= 0.3 is 0 Å². The molecule has 2 rings (SSSR count). The first-order valence-corrected chi connectivity index (χ1v) is 10.4. The molecule has 1 N–H and O–H groups in total. The highest BCUT2D eigenvalue weighted by Crippen LogP contribution is 2.13. The molecule has 0 heterocycles. The van der Waals surface area contributed by atoms with Crippen molar-refractivity contribution >= 4 is 11.6 Å². The Balaban J connectivity index is 1.92. The van der Waals surface area contributed by atoms with Crippen LogP contribution in [-0.4, -0.2) is 18.2 Å². The molecule has 2 aromatic carbocycles. The highest BCUT2D eigenvalue weighted by molar-refractivity contribution is 6.02. The second-order valence-electron chi connectivity index (χ2n) is 6.90. The van der Waals surface area contributed by atoms with Gasteiger partial charge in [-0.1, -0.05) is 69.9 Å². The quantitative estimate of drug-likeness (QED) is 0.280. The standard InChI is InChI=1S/C24H32N2O2/c1-3-5-7-11-19-28-22-17-15-21(16-18-22)24(27)26-25-23(14-6-4-2)20-12-9-8-10-13-20/h8-10,12-13,15-18H,3-7,11,14,19H2,1-2H3,(H,26,27). The van der Waals surface area contributed by atoms with Crippen LogP contribution in [0.15, 0.2) is 59.7 Å². The van der Waals surface area contributed by atoms with Crippen molar-refractivity contribution in [2.24, 2.45) is 5.10 Å². The molecule has 0 saturated carbocycles. The Hall–Kier alpha value is -2.62. The number of nitrogens with one attached hydrogen (secondary N) is 1. The molecule has 0 spiro atoms. The Morgan fingerprint density at radius 1 is 0.857 bits per heavy atom. The van der Waals surface area contributed by atoms with Gasteiger partial charge in [0.15, 0.2) is 0 Å². The van der Waals surface area contributed by atoms with Gasteiger partial charge in [0.2, 0.25) is 0 Å². The van der Waals surface area contributed by atoms with Crippen LogP contribution in [0.2, 0.25) is 0 Å². The first kappa shape index (κ1) is 21.7. The normalized spacial score (nSPS) is 11.3. The van der Waals surface area contributed by atoms with Crippen LogP contribution >= 0.6 is 0 Å². The van der Waals surface area contributed by atoms with Crippen molar-refractivity contribution in [1.82, 2.24) is 5.43 Å². The highest BCUT2D eigenvalue weighted by atomic mass is 16.5. The van der Waals surface area contributed by atoms with Crippen molar-refractivity contribution in [2.75, 3.05) is 6.61 Å². The van der Waals surface area contributed by atoms with Crippen LogP contribution < -0.4 is 10.2 Å². The summed E-state index contributed by atoms with van der Waals surface area (Å²) in [5, 5.41) is 4.39. The molecule has 0 fully saturated rings. The van der Waals surface area contributed by atoms with Crippen molar-refractivity contribution in [1.29, 1.82) is 0 Å². The monoisotopic (exact) mass is 380 g/mol. The number of carbonyl (C=O) groups is 1. The summed E-state index contributed by atoms with van der Waals surface area (Å²) in [6.45, 7) is 5.06. The third kappa shape index (κ3) is 7.55. The van der Waals surface area contributed by atoms with Gasteiger partial charge in [-0.25, -0.2) is 5.43 Å². The SMILES string of the molecule is CCCCCCOc1ccc(C(=O)NN=C(CCCC)c2ccccc2)cc1. The first-order chi connectivity index (χ1) is 13.7. The molecule has 0 saturated heterocycles. The van der Waals surface area contributed by atoms with Gasteiger partial charge < -0.3 is 4.74 Å². The van der Waals surface area contributed by atoms with Gasteiger partial charge in [0.25, 0.3) is 5.91 Å². The van der Waals surface area contributed by atoms with E-state index in [1.54, 1.807) is 12.1 Å². The summed E-state index contributed by atoms with van der Waals surface area (Å²) in [7, 11) is 0. The molecule has 0 aromatic heterocycles. The van der Waals surface area contributed by atoms with Gasteiger partial charge in [-0.15, -0.1) is 0 Å². The van der Waals surface area contributed by atoms with E-state index >= 15 is 0 Å². The second-order valence-corrected chi connectivity index (χ2v) is 6.90. The maximum atomic E-state index is 12.4. The summed E-state index contributed by atoms with van der Waals surface area (Å²) in [4.78, 5) is 12.4. The van der Waals surface area contributed by atoms with Gasteiger partial charge in [-0.3, -0.25) is 4.79 Å². The number of amides is 1. The summed E-state index contributed by atoms with van der Waals surface area (Å²) in [6.07, 6.45) is 7.67. The fourth-order valence-electron chi connectivity index (χ4n) is 2.84. The summed E-state index contributed by atoms with van der Waals surface area (Å²) in [5.74, 6) is 0.587. The smallest absolute Gasteiger partial charge is 0.271 e. The Morgan fingerprint density at radius 3 is 2.25 bits per heavy atom. The topological polar surface area (TPSA) is 50.7 Å². The van der Waals surface area contributed by atoms with Crippen LogP contribution in [0.25, 0.3) is 0 Å². The Morgan fingerprint density at radius 2 is 1.57 bits per heavy atom. The van der Waals surface area contributed by atoms with Crippen LogP contribution in [-0.2, 0) is 0 Å². The van der Waals surface area contributed by atoms with Gasteiger partial charge in [-0.05, 0) is 49.1 Å². The Kier molecular flexibility index (Phi) is 9.84. The van der Waals surface area contributed by atoms with Gasteiger partial charge in [0.1, 0.15) is 5.75 Å². The molecule has 150 valence electrons. The summed E-state index contributed by atoms with van der Waals surface area (Å²) in [6, 6.07) is 17.2. The number of nitrogens with zero attached hydrogens (tertiary/aromatic N) is 1. The average Bonchev–Trinajstić information content (AvgIpc) is 2.74. The van der Waals surface area contributed by atoms with E-state index < -0.39 is 0 Å². The number of unbranched alkanes of at least 4 members (excludes halogenated alkanes) is 4. The number of hydrogen-bond acceptors (Lipinski definition) is 3. The summed E-state index contributed by atoms with van der Waals surface area (Å²) in [5.41, 5.74) is 5.22. The van der Waals surface area contributed by atoms with E-state index in [9.17, 15) is 4.79 Å². The van der Waals surface area contributed by atoms with Crippen LogP contribution in [0, 0.1) is 0 Å². The molecule has 0 unspecified atom stereocenters. The molecular weight excluding hydrogens is 348 g/mol. The third-order valence-corrected chi connectivity index (χ3v) is 4.55. The van der Waals surface area contributed by atoms with Crippen molar-refractivity contribution in [3.63, 3.8) is 0 Å². The zero-order chi connectivity index (χ0) is 20.0. The van der Waals surface area contributed by atoms with Crippen LogP contribution in [0.4, 0.5) is 0 Å². The lowest BCUT2D eigenvalue weighted by atomic mass is 10.1. The first-order valence-electron chi connectivity index (χ1n) is 10.4. The highest BCUT2D eigenvalue weighted by Gasteiger charge is 2.07. The zero-order valence-corrected chi connectivity index (χ0v) is 17.1. The molecule has 0 aliphatic carbocycles. The Labute approximate surface area is 169 Å². The van der Waals surface area contributed by atoms with Crippen LogP contribution in [0.1, 0.15) is 74.7 Å². The van der Waals surface area contributed by atoms with Crippen molar-refractivity contribution in [3.05, 3.63) is 65.7 Å². The molecular formula is C24H32N2O2. The van der Waals surface area contributed by atoms with E-state index in [0.717, 1.165) is 42.7 Å². The summed E-state index contributed by atoms with van der Waals surface area (Å²) >= 11 is 0. The summed E-state index contributed by atoms with van der Waals surface area (Å²) < 4.78 is 5.73. The molecule has 4 heteroatoms. The van der Waals surface area contributed by atoms with E-state index in [2.05, 4.69) is 24.4 Å². The number of hydrogen-bond donors (Lipinski definition) is 1. The number of rotatable bonds is 12. The van der Waals surface area contributed by atoms with Gasteiger partial charge in [-0.2, -0.15) is 5.10 Å². The molecule has 0 radical (unpaired) electrons. The van der Waals surface area contributed by atoms with E-state index in [-0.39, 0.29) is 5.91 Å². The fourth-order valence-corrected chi connectivity index (χ4v) is 2.84. The molecule has 0 atom stereocenters. The average molecular weight is 381 g/mol. The zero-order valence-electron chi connectivity index (χ0n) is 17.1. The van der Waals surface area contributed by atoms with E-state index in [4.69, 9.17) is 4.74 Å². The lowest BCUT2D eigenvalue weighted by Crippen LogP contribution is -2.20. The number of carbonyl (C=O) groups excluding carboxylic acids is 1. The predicted molar refractivity (Wildman–Crippen MR) is 116 cm³/mol. The van der Waals surface area contributed by atoms with E-state index in [0.29, 0.717) is 12.2 Å². The largest absolute Gasteiger partial charge is 0.494 e. The van der Waals surface area contributed by atoms with Crippen molar-refractivity contribution < 1.29 is 9.53 Å². The minimum absolute atomic E-state index is 0.209. The molecule has 0 bridgehead atoms. The number of benzene rings is 2. The molecule has 4 nitrogen and oxygen atoms in total. The lowest BCUT2D eigenvalue weighted by Gasteiger charge is -2.08. The van der Waals surface area contributed by atoms with Gasteiger partial charge in [0, 0.05) is 5.56 Å². The second kappa shape index (κ2) is 12.7. The van der Waals surface area contributed by atoms with E-state index in [1.807, 2.05) is 42.5 Å². The van der Waals surface area contributed by atoms with Crippen molar-refractivity contribution in [2.45, 2.75) is 58.8 Å². The number of ether oxygens (including phenoxy) is 1. The third-order valence-electron chi connectivity index (χ3n) is 4.55. The maximum absolute atomic E-state index is 12.4.